The Hall–Kier alpha value is -2.67. The van der Waals surface area contributed by atoms with Crippen LogP contribution in [0.5, 0.6) is 0 Å². The van der Waals surface area contributed by atoms with E-state index in [4.69, 9.17) is 0 Å². The molecule has 0 aliphatic heterocycles. The molecule has 0 saturated heterocycles. The minimum atomic E-state index is -0.427. The summed E-state index contributed by atoms with van der Waals surface area (Å²) < 4.78 is 0. The lowest BCUT2D eigenvalue weighted by Crippen LogP contribution is -2.18. The van der Waals surface area contributed by atoms with Gasteiger partial charge in [0, 0.05) is 12.1 Å². The molecular weight excluding hydrogens is 288 g/mol. The average molecular weight is 308 g/mol. The Morgan fingerprint density at radius 1 is 1.30 bits per heavy atom. The van der Waals surface area contributed by atoms with Crippen molar-refractivity contribution >= 4 is 11.8 Å². The molecule has 0 spiro atoms. The molecule has 0 radical (unpaired) electrons. The van der Waals surface area contributed by atoms with Gasteiger partial charge in [-0.25, -0.2) is 0 Å². The fourth-order valence-corrected chi connectivity index (χ4v) is 2.87. The number of rotatable bonds is 3. The minimum absolute atomic E-state index is 0.0508. The van der Waals surface area contributed by atoms with Gasteiger partial charge in [0.15, 0.2) is 0 Å². The monoisotopic (exact) mass is 308 g/mol. The van der Waals surface area contributed by atoms with Crippen LogP contribution >= 0.6 is 0 Å². The van der Waals surface area contributed by atoms with Gasteiger partial charge in [-0.2, -0.15) is 5.26 Å². The van der Waals surface area contributed by atoms with Crippen LogP contribution in [0.2, 0.25) is 0 Å². The summed E-state index contributed by atoms with van der Waals surface area (Å²) in [7, 11) is 0. The molecule has 0 bridgehead atoms. The number of benzene rings is 1. The SMILES string of the molecule is CC=C1C=C(C(C#N)=Cc2ccc([N+](=O)[O-])cc2)CC(C)(C)C1. The lowest BCUT2D eigenvalue weighted by Gasteiger charge is -2.31. The predicted octanol–water partition coefficient (Wildman–Crippen LogP) is 5.19. The van der Waals surface area contributed by atoms with Gasteiger partial charge in [-0.15, -0.1) is 0 Å². The summed E-state index contributed by atoms with van der Waals surface area (Å²) in [6, 6.07) is 8.52. The molecule has 0 heterocycles. The van der Waals surface area contributed by atoms with Crippen molar-refractivity contribution in [2.24, 2.45) is 5.41 Å². The van der Waals surface area contributed by atoms with Crippen molar-refractivity contribution in [1.29, 1.82) is 5.26 Å². The topological polar surface area (TPSA) is 66.9 Å². The van der Waals surface area contributed by atoms with E-state index in [-0.39, 0.29) is 11.1 Å². The number of nitro benzene ring substituents is 1. The Balaban J connectivity index is 2.37. The van der Waals surface area contributed by atoms with Crippen molar-refractivity contribution in [2.45, 2.75) is 33.6 Å². The Bertz CT molecular complexity index is 745. The molecule has 0 atom stereocenters. The molecule has 0 fully saturated rings. The maximum Gasteiger partial charge on any atom is 0.269 e. The third-order valence-corrected chi connectivity index (χ3v) is 3.96. The third kappa shape index (κ3) is 4.17. The van der Waals surface area contributed by atoms with Crippen molar-refractivity contribution in [3.05, 3.63) is 68.8 Å². The average Bonchev–Trinajstić information content (AvgIpc) is 2.51. The first-order chi connectivity index (χ1) is 10.8. The number of nitrogens with zero attached hydrogens (tertiary/aromatic N) is 2. The summed E-state index contributed by atoms with van der Waals surface area (Å²) >= 11 is 0. The van der Waals surface area contributed by atoms with Crippen LogP contribution in [-0.2, 0) is 0 Å². The summed E-state index contributed by atoms with van der Waals surface area (Å²) in [4.78, 5) is 10.3. The number of hydrogen-bond acceptors (Lipinski definition) is 3. The Labute approximate surface area is 136 Å². The minimum Gasteiger partial charge on any atom is -0.258 e. The van der Waals surface area contributed by atoms with Gasteiger partial charge in [-0.3, -0.25) is 10.1 Å². The molecule has 0 N–H and O–H groups in total. The first kappa shape index (κ1) is 16.7. The lowest BCUT2D eigenvalue weighted by molar-refractivity contribution is -0.384. The maximum atomic E-state index is 10.7. The number of hydrogen-bond donors (Lipinski definition) is 0. The molecule has 4 heteroatoms. The molecule has 1 aliphatic rings. The van der Waals surface area contributed by atoms with Gasteiger partial charge in [0.2, 0.25) is 0 Å². The molecule has 4 nitrogen and oxygen atoms in total. The van der Waals surface area contributed by atoms with E-state index in [0.717, 1.165) is 24.0 Å². The van der Waals surface area contributed by atoms with Crippen LogP contribution in [-0.4, -0.2) is 4.92 Å². The first-order valence-electron chi connectivity index (χ1n) is 7.57. The summed E-state index contributed by atoms with van der Waals surface area (Å²) in [5.41, 5.74) is 3.84. The molecule has 0 aromatic heterocycles. The van der Waals surface area contributed by atoms with Crippen LogP contribution in [0.25, 0.3) is 6.08 Å². The van der Waals surface area contributed by atoms with Gasteiger partial charge < -0.3 is 0 Å². The van der Waals surface area contributed by atoms with Crippen LogP contribution in [0.1, 0.15) is 39.2 Å². The van der Waals surface area contributed by atoms with Crippen molar-refractivity contribution in [3.63, 3.8) is 0 Å². The summed E-state index contributed by atoms with van der Waals surface area (Å²) in [6.07, 6.45) is 7.82. The molecule has 1 aromatic carbocycles. The molecular formula is C19H20N2O2. The zero-order valence-electron chi connectivity index (χ0n) is 13.7. The molecule has 0 saturated carbocycles. The van der Waals surface area contributed by atoms with Gasteiger partial charge in [0.05, 0.1) is 16.6 Å². The number of nitriles is 1. The third-order valence-electron chi connectivity index (χ3n) is 3.96. The second-order valence-electron chi connectivity index (χ2n) is 6.57. The van der Waals surface area contributed by atoms with E-state index in [1.165, 1.54) is 17.7 Å². The smallest absolute Gasteiger partial charge is 0.258 e. The van der Waals surface area contributed by atoms with Crippen LogP contribution in [0.3, 0.4) is 0 Å². The zero-order chi connectivity index (χ0) is 17.0. The highest BCUT2D eigenvalue weighted by molar-refractivity contribution is 5.65. The first-order valence-corrected chi connectivity index (χ1v) is 7.57. The molecule has 118 valence electrons. The van der Waals surface area contributed by atoms with Crippen LogP contribution in [0.15, 0.2) is 53.1 Å². The van der Waals surface area contributed by atoms with E-state index in [1.54, 1.807) is 18.2 Å². The second-order valence-corrected chi connectivity index (χ2v) is 6.57. The molecule has 0 unspecified atom stereocenters. The largest absolute Gasteiger partial charge is 0.269 e. The molecule has 2 rings (SSSR count). The highest BCUT2D eigenvalue weighted by Crippen LogP contribution is 2.40. The highest BCUT2D eigenvalue weighted by atomic mass is 16.6. The van der Waals surface area contributed by atoms with Crippen molar-refractivity contribution in [3.8, 4) is 6.07 Å². The highest BCUT2D eigenvalue weighted by Gasteiger charge is 2.26. The maximum absolute atomic E-state index is 10.7. The van der Waals surface area contributed by atoms with Gasteiger partial charge in [0.1, 0.15) is 0 Å². The van der Waals surface area contributed by atoms with E-state index in [0.29, 0.717) is 5.57 Å². The number of nitro groups is 1. The van der Waals surface area contributed by atoms with Crippen molar-refractivity contribution < 1.29 is 4.92 Å². The van der Waals surface area contributed by atoms with Crippen molar-refractivity contribution in [2.75, 3.05) is 0 Å². The van der Waals surface area contributed by atoms with E-state index in [2.05, 4.69) is 32.1 Å². The van der Waals surface area contributed by atoms with E-state index < -0.39 is 4.92 Å². The Morgan fingerprint density at radius 3 is 2.48 bits per heavy atom. The van der Waals surface area contributed by atoms with Crippen LogP contribution < -0.4 is 0 Å². The van der Waals surface area contributed by atoms with Crippen LogP contribution in [0, 0.1) is 26.9 Å². The second kappa shape index (κ2) is 6.62. The Morgan fingerprint density at radius 2 is 1.96 bits per heavy atom. The molecule has 0 amide bonds. The number of non-ortho nitro benzene ring substituents is 1. The van der Waals surface area contributed by atoms with E-state index in [1.807, 2.05) is 6.92 Å². The van der Waals surface area contributed by atoms with E-state index >= 15 is 0 Å². The quantitative estimate of drug-likeness (QED) is 0.438. The summed E-state index contributed by atoms with van der Waals surface area (Å²) in [5.74, 6) is 0. The number of allylic oxidation sites excluding steroid dienone is 5. The molecule has 23 heavy (non-hydrogen) atoms. The molecule has 1 aliphatic carbocycles. The summed E-state index contributed by atoms with van der Waals surface area (Å²) in [6.45, 7) is 6.41. The van der Waals surface area contributed by atoms with Gasteiger partial charge in [-0.1, -0.05) is 31.6 Å². The summed E-state index contributed by atoms with van der Waals surface area (Å²) in [5, 5.41) is 20.2. The fourth-order valence-electron chi connectivity index (χ4n) is 2.87. The zero-order valence-corrected chi connectivity index (χ0v) is 13.7. The standard InChI is InChI=1S/C19H20N2O2/c1-4-14-9-16(12-19(2,3)11-14)17(13-20)10-15-5-7-18(8-6-15)21(22)23/h4-10H,11-12H2,1-3H3. The van der Waals surface area contributed by atoms with E-state index in [9.17, 15) is 15.4 Å². The lowest BCUT2D eigenvalue weighted by atomic mass is 9.73. The fraction of sp³-hybridized carbons (Fsp3) is 0.316. The normalized spacial score (nSPS) is 19.1. The van der Waals surface area contributed by atoms with Gasteiger partial charge in [-0.05, 0) is 54.5 Å². The Kier molecular flexibility index (Phi) is 4.80. The van der Waals surface area contributed by atoms with Gasteiger partial charge >= 0.3 is 0 Å². The van der Waals surface area contributed by atoms with Gasteiger partial charge in [0.25, 0.3) is 5.69 Å². The predicted molar refractivity (Wildman–Crippen MR) is 91.5 cm³/mol. The molecule has 1 aromatic rings. The van der Waals surface area contributed by atoms with Crippen molar-refractivity contribution in [1.82, 2.24) is 0 Å². The van der Waals surface area contributed by atoms with Crippen LogP contribution in [0.4, 0.5) is 5.69 Å².